The molecule has 0 unspecified atom stereocenters. The Balaban J connectivity index is 1.68. The lowest BCUT2D eigenvalue weighted by atomic mass is 10.1. The van der Waals surface area contributed by atoms with Crippen molar-refractivity contribution in [2.45, 2.75) is 18.2 Å². The summed E-state index contributed by atoms with van der Waals surface area (Å²) >= 11 is 1.66. The van der Waals surface area contributed by atoms with E-state index >= 15 is 0 Å². The molecule has 0 aliphatic heterocycles. The minimum atomic E-state index is -0.218. The van der Waals surface area contributed by atoms with E-state index in [1.54, 1.807) is 23.9 Å². The smallest absolute Gasteiger partial charge is 0.251 e. The molecule has 110 valence electrons. The van der Waals surface area contributed by atoms with E-state index in [1.807, 2.05) is 31.2 Å². The average molecular weight is 303 g/mol. The summed E-state index contributed by atoms with van der Waals surface area (Å²) in [7, 11) is 0. The third-order valence-electron chi connectivity index (χ3n) is 2.97. The molecule has 1 N–H and O–H groups in total. The molecule has 0 fully saturated rings. The van der Waals surface area contributed by atoms with Crippen molar-refractivity contribution >= 4 is 17.7 Å². The summed E-state index contributed by atoms with van der Waals surface area (Å²) in [5.74, 6) is 0.634. The van der Waals surface area contributed by atoms with Gasteiger partial charge in [0.2, 0.25) is 0 Å². The molecular formula is C17H18FNOS. The van der Waals surface area contributed by atoms with Gasteiger partial charge in [0.25, 0.3) is 5.91 Å². The number of hydrogen-bond acceptors (Lipinski definition) is 2. The fourth-order valence-electron chi connectivity index (χ4n) is 1.88. The largest absolute Gasteiger partial charge is 0.352 e. The van der Waals surface area contributed by atoms with Crippen molar-refractivity contribution in [3.63, 3.8) is 0 Å². The maximum atomic E-state index is 12.8. The third-order valence-corrected chi connectivity index (χ3v) is 4.07. The molecule has 0 aromatic heterocycles. The molecule has 2 rings (SSSR count). The maximum Gasteiger partial charge on any atom is 0.251 e. The minimum absolute atomic E-state index is 0.0366. The second kappa shape index (κ2) is 7.84. The molecule has 0 heterocycles. The van der Waals surface area contributed by atoms with Gasteiger partial charge in [0.1, 0.15) is 5.82 Å². The summed E-state index contributed by atoms with van der Waals surface area (Å²) < 4.78 is 12.8. The Morgan fingerprint density at radius 3 is 2.67 bits per heavy atom. The molecule has 0 radical (unpaired) electrons. The molecule has 2 nitrogen and oxygen atoms in total. The first-order valence-corrected chi connectivity index (χ1v) is 7.87. The zero-order valence-corrected chi connectivity index (χ0v) is 12.8. The van der Waals surface area contributed by atoms with Crippen molar-refractivity contribution < 1.29 is 9.18 Å². The Morgan fingerprint density at radius 1 is 1.19 bits per heavy atom. The van der Waals surface area contributed by atoms with Crippen LogP contribution in [-0.4, -0.2) is 18.2 Å². The fourth-order valence-corrected chi connectivity index (χ4v) is 2.74. The molecule has 0 saturated heterocycles. The summed E-state index contributed by atoms with van der Waals surface area (Å²) in [5.41, 5.74) is 1.77. The highest BCUT2D eigenvalue weighted by molar-refractivity contribution is 7.99. The van der Waals surface area contributed by atoms with Gasteiger partial charge in [-0.15, -0.1) is 11.8 Å². The van der Waals surface area contributed by atoms with Gasteiger partial charge >= 0.3 is 0 Å². The second-order valence-corrected chi connectivity index (χ2v) is 5.95. The van der Waals surface area contributed by atoms with E-state index in [-0.39, 0.29) is 11.7 Å². The Morgan fingerprint density at radius 2 is 1.95 bits per heavy atom. The van der Waals surface area contributed by atoms with E-state index in [4.69, 9.17) is 0 Å². The minimum Gasteiger partial charge on any atom is -0.352 e. The predicted molar refractivity (Wildman–Crippen MR) is 85.3 cm³/mol. The molecule has 0 aliphatic rings. The van der Waals surface area contributed by atoms with Crippen molar-refractivity contribution in [1.29, 1.82) is 0 Å². The van der Waals surface area contributed by atoms with Gasteiger partial charge in [-0.2, -0.15) is 0 Å². The number of amides is 1. The van der Waals surface area contributed by atoms with Crippen LogP contribution in [0.1, 0.15) is 22.3 Å². The molecule has 2 aromatic carbocycles. The number of hydrogen-bond donors (Lipinski definition) is 1. The lowest BCUT2D eigenvalue weighted by Gasteiger charge is -2.06. The lowest BCUT2D eigenvalue weighted by molar-refractivity contribution is 0.0953. The van der Waals surface area contributed by atoms with Gasteiger partial charge in [0.05, 0.1) is 0 Å². The zero-order valence-electron chi connectivity index (χ0n) is 11.9. The standard InChI is InChI=1S/C17H18FNOS/c1-13-4-2-5-14(12-13)17(20)19-10-3-11-21-16-8-6-15(18)7-9-16/h2,4-9,12H,3,10-11H2,1H3,(H,19,20). The summed E-state index contributed by atoms with van der Waals surface area (Å²) in [5, 5.41) is 2.91. The quantitative estimate of drug-likeness (QED) is 0.644. The van der Waals surface area contributed by atoms with Crippen molar-refractivity contribution in [3.05, 3.63) is 65.5 Å². The van der Waals surface area contributed by atoms with Crippen LogP contribution in [0.3, 0.4) is 0 Å². The van der Waals surface area contributed by atoms with Crippen LogP contribution in [0.15, 0.2) is 53.4 Å². The van der Waals surface area contributed by atoms with Crippen molar-refractivity contribution in [3.8, 4) is 0 Å². The van der Waals surface area contributed by atoms with E-state index in [0.717, 1.165) is 22.6 Å². The SMILES string of the molecule is Cc1cccc(C(=O)NCCCSc2ccc(F)cc2)c1. The van der Waals surface area contributed by atoms with E-state index < -0.39 is 0 Å². The Kier molecular flexibility index (Phi) is 5.81. The number of carbonyl (C=O) groups excluding carboxylic acids is 1. The molecule has 0 aliphatic carbocycles. The van der Waals surface area contributed by atoms with Crippen LogP contribution < -0.4 is 5.32 Å². The maximum absolute atomic E-state index is 12.8. The molecule has 4 heteroatoms. The summed E-state index contributed by atoms with van der Waals surface area (Å²) in [6.45, 7) is 2.61. The van der Waals surface area contributed by atoms with Crippen LogP contribution in [0.4, 0.5) is 4.39 Å². The monoisotopic (exact) mass is 303 g/mol. The van der Waals surface area contributed by atoms with Crippen LogP contribution in [0.25, 0.3) is 0 Å². The number of benzene rings is 2. The second-order valence-electron chi connectivity index (χ2n) is 4.78. The van der Waals surface area contributed by atoms with Crippen LogP contribution in [0, 0.1) is 12.7 Å². The molecule has 0 spiro atoms. The summed E-state index contributed by atoms with van der Waals surface area (Å²) in [6.07, 6.45) is 0.875. The first-order valence-electron chi connectivity index (χ1n) is 6.88. The Labute approximate surface area is 128 Å². The van der Waals surface area contributed by atoms with E-state index in [0.29, 0.717) is 12.1 Å². The van der Waals surface area contributed by atoms with Gasteiger partial charge in [-0.1, -0.05) is 17.7 Å². The van der Waals surface area contributed by atoms with Gasteiger partial charge in [-0.25, -0.2) is 4.39 Å². The number of carbonyl (C=O) groups is 1. The third kappa shape index (κ3) is 5.23. The van der Waals surface area contributed by atoms with Crippen LogP contribution in [0.2, 0.25) is 0 Å². The van der Waals surface area contributed by atoms with Crippen LogP contribution >= 0.6 is 11.8 Å². The molecular weight excluding hydrogens is 285 g/mol. The van der Waals surface area contributed by atoms with Gasteiger partial charge in [-0.05, 0) is 55.5 Å². The molecule has 0 bridgehead atoms. The highest BCUT2D eigenvalue weighted by Crippen LogP contribution is 2.18. The molecule has 0 atom stereocenters. The average Bonchev–Trinajstić information content (AvgIpc) is 2.48. The van der Waals surface area contributed by atoms with Crippen molar-refractivity contribution in [2.24, 2.45) is 0 Å². The Bertz CT molecular complexity index is 598. The van der Waals surface area contributed by atoms with Gasteiger partial charge in [-0.3, -0.25) is 4.79 Å². The van der Waals surface area contributed by atoms with E-state index in [9.17, 15) is 9.18 Å². The zero-order chi connectivity index (χ0) is 15.1. The fraction of sp³-hybridized carbons (Fsp3) is 0.235. The molecule has 2 aromatic rings. The number of thioether (sulfide) groups is 1. The van der Waals surface area contributed by atoms with Gasteiger partial charge < -0.3 is 5.32 Å². The van der Waals surface area contributed by atoms with E-state index in [2.05, 4.69) is 5.32 Å². The molecule has 0 saturated carbocycles. The van der Waals surface area contributed by atoms with Crippen molar-refractivity contribution in [2.75, 3.05) is 12.3 Å². The highest BCUT2D eigenvalue weighted by Gasteiger charge is 2.04. The highest BCUT2D eigenvalue weighted by atomic mass is 32.2. The normalized spacial score (nSPS) is 10.4. The number of aryl methyl sites for hydroxylation is 1. The number of halogens is 1. The number of rotatable bonds is 6. The van der Waals surface area contributed by atoms with Gasteiger partial charge in [0, 0.05) is 17.0 Å². The lowest BCUT2D eigenvalue weighted by Crippen LogP contribution is -2.24. The topological polar surface area (TPSA) is 29.1 Å². The first kappa shape index (κ1) is 15.6. The molecule has 21 heavy (non-hydrogen) atoms. The Hall–Kier alpha value is -1.81. The summed E-state index contributed by atoms with van der Waals surface area (Å²) in [4.78, 5) is 13.0. The van der Waals surface area contributed by atoms with Crippen molar-refractivity contribution in [1.82, 2.24) is 5.32 Å². The van der Waals surface area contributed by atoms with Crippen LogP contribution in [-0.2, 0) is 0 Å². The van der Waals surface area contributed by atoms with Crippen LogP contribution in [0.5, 0.6) is 0 Å². The summed E-state index contributed by atoms with van der Waals surface area (Å²) in [6, 6.07) is 14.0. The van der Waals surface area contributed by atoms with Gasteiger partial charge in [0.15, 0.2) is 0 Å². The predicted octanol–water partition coefficient (Wildman–Crippen LogP) is 4.05. The molecule has 1 amide bonds. The number of nitrogens with one attached hydrogen (secondary N) is 1. The first-order chi connectivity index (χ1) is 10.1. The van der Waals surface area contributed by atoms with E-state index in [1.165, 1.54) is 12.1 Å².